The Labute approximate surface area is 153 Å². The van der Waals surface area contributed by atoms with E-state index in [1.165, 1.54) is 19.1 Å². The molecule has 6 heteroatoms. The Balaban J connectivity index is 2.32. The van der Waals surface area contributed by atoms with Crippen LogP contribution >= 0.6 is 0 Å². The number of amides is 3. The highest BCUT2D eigenvalue weighted by Crippen LogP contribution is 2.23. The minimum atomic E-state index is -0.935. The van der Waals surface area contributed by atoms with Crippen LogP contribution in [0.4, 0.5) is 17.1 Å². The van der Waals surface area contributed by atoms with Crippen molar-refractivity contribution >= 4 is 34.8 Å². The van der Waals surface area contributed by atoms with Crippen molar-refractivity contribution in [1.82, 2.24) is 0 Å². The Bertz CT molecular complexity index is 806. The fourth-order valence-corrected chi connectivity index (χ4v) is 2.74. The van der Waals surface area contributed by atoms with Gasteiger partial charge in [-0.25, -0.2) is 4.90 Å². The van der Waals surface area contributed by atoms with Gasteiger partial charge in [0.05, 0.1) is 5.69 Å². The Hall–Kier alpha value is -3.15. The average Bonchev–Trinajstić information content (AvgIpc) is 2.63. The zero-order valence-electron chi connectivity index (χ0n) is 15.2. The molecule has 0 aliphatic heterocycles. The molecular formula is C20H23N3O3. The summed E-state index contributed by atoms with van der Waals surface area (Å²) in [6, 6.07) is 11.9. The van der Waals surface area contributed by atoms with E-state index in [0.717, 1.165) is 16.0 Å². The molecule has 136 valence electrons. The van der Waals surface area contributed by atoms with E-state index in [0.29, 0.717) is 29.9 Å². The molecule has 0 unspecified atom stereocenters. The molecule has 3 amide bonds. The zero-order valence-corrected chi connectivity index (χ0v) is 15.2. The maximum atomic E-state index is 12.6. The van der Waals surface area contributed by atoms with Crippen LogP contribution in [0.25, 0.3) is 0 Å². The molecule has 0 saturated heterocycles. The van der Waals surface area contributed by atoms with Gasteiger partial charge in [-0.2, -0.15) is 0 Å². The second-order valence-electron chi connectivity index (χ2n) is 5.86. The second-order valence-corrected chi connectivity index (χ2v) is 5.86. The molecule has 0 radical (unpaired) electrons. The van der Waals surface area contributed by atoms with E-state index in [1.54, 1.807) is 12.1 Å². The maximum Gasteiger partial charge on any atom is 0.323 e. The lowest BCUT2D eigenvalue weighted by Crippen LogP contribution is -2.43. The number of para-hydroxylation sites is 1. The quantitative estimate of drug-likeness (QED) is 0.653. The Morgan fingerprint density at radius 3 is 1.96 bits per heavy atom. The van der Waals surface area contributed by atoms with E-state index < -0.39 is 17.7 Å². The standard InChI is InChI=1S/C20H23N3O3/c1-4-14-7-6-8-15(5-2)18(14)22-19(25)20(26)23(13(3)24)17-11-9-16(21)10-12-17/h6-12H,4-5,21H2,1-3H3,(H,22,25). The summed E-state index contributed by atoms with van der Waals surface area (Å²) < 4.78 is 0. The first-order chi connectivity index (χ1) is 12.4. The number of aryl methyl sites for hydroxylation is 2. The highest BCUT2D eigenvalue weighted by Gasteiger charge is 2.27. The van der Waals surface area contributed by atoms with Gasteiger partial charge in [0.15, 0.2) is 0 Å². The number of imide groups is 1. The van der Waals surface area contributed by atoms with Gasteiger partial charge in [-0.15, -0.1) is 0 Å². The number of benzene rings is 2. The Morgan fingerprint density at radius 1 is 0.962 bits per heavy atom. The molecule has 6 nitrogen and oxygen atoms in total. The second kappa shape index (κ2) is 8.29. The van der Waals surface area contributed by atoms with Crippen LogP contribution in [0.15, 0.2) is 42.5 Å². The van der Waals surface area contributed by atoms with Crippen LogP contribution in [-0.2, 0) is 27.2 Å². The molecule has 0 aromatic heterocycles. The van der Waals surface area contributed by atoms with Gasteiger partial charge < -0.3 is 11.1 Å². The summed E-state index contributed by atoms with van der Waals surface area (Å²) in [7, 11) is 0. The molecule has 0 bridgehead atoms. The van der Waals surface area contributed by atoms with Gasteiger partial charge in [-0.3, -0.25) is 14.4 Å². The highest BCUT2D eigenvalue weighted by molar-refractivity contribution is 6.48. The van der Waals surface area contributed by atoms with E-state index >= 15 is 0 Å². The molecule has 26 heavy (non-hydrogen) atoms. The van der Waals surface area contributed by atoms with Crippen LogP contribution in [-0.4, -0.2) is 17.7 Å². The number of nitrogens with zero attached hydrogens (tertiary/aromatic N) is 1. The van der Waals surface area contributed by atoms with Gasteiger partial charge in [0, 0.05) is 18.3 Å². The summed E-state index contributed by atoms with van der Waals surface area (Å²) in [5.41, 5.74) is 8.94. The third-order valence-electron chi connectivity index (χ3n) is 4.10. The molecule has 0 spiro atoms. The predicted molar refractivity (Wildman–Crippen MR) is 103 cm³/mol. The van der Waals surface area contributed by atoms with Crippen LogP contribution in [0.3, 0.4) is 0 Å². The SMILES string of the molecule is CCc1cccc(CC)c1NC(=O)C(=O)N(C(C)=O)c1ccc(N)cc1. The predicted octanol–water partition coefficient (Wildman–Crippen LogP) is 2.91. The van der Waals surface area contributed by atoms with Gasteiger partial charge in [0.2, 0.25) is 5.91 Å². The monoisotopic (exact) mass is 353 g/mol. The summed E-state index contributed by atoms with van der Waals surface area (Å²) in [5, 5.41) is 2.69. The zero-order chi connectivity index (χ0) is 19.3. The van der Waals surface area contributed by atoms with E-state index in [1.807, 2.05) is 32.0 Å². The largest absolute Gasteiger partial charge is 0.399 e. The van der Waals surface area contributed by atoms with Crippen LogP contribution in [0, 0.1) is 0 Å². The molecule has 0 saturated carbocycles. The van der Waals surface area contributed by atoms with Gasteiger partial charge in [0.1, 0.15) is 0 Å². The van der Waals surface area contributed by atoms with E-state index in [9.17, 15) is 14.4 Å². The number of anilines is 3. The summed E-state index contributed by atoms with van der Waals surface area (Å²) in [6.07, 6.45) is 1.43. The fraction of sp³-hybridized carbons (Fsp3) is 0.250. The van der Waals surface area contributed by atoms with Crippen LogP contribution in [0.1, 0.15) is 31.9 Å². The minimum Gasteiger partial charge on any atom is -0.399 e. The Morgan fingerprint density at radius 2 is 1.50 bits per heavy atom. The van der Waals surface area contributed by atoms with Gasteiger partial charge in [-0.05, 0) is 48.2 Å². The summed E-state index contributed by atoms with van der Waals surface area (Å²) >= 11 is 0. The Kier molecular flexibility index (Phi) is 6.11. The maximum absolute atomic E-state index is 12.6. The third-order valence-corrected chi connectivity index (χ3v) is 4.10. The number of carbonyl (C=O) groups is 3. The van der Waals surface area contributed by atoms with Crippen molar-refractivity contribution in [2.24, 2.45) is 0 Å². The first-order valence-corrected chi connectivity index (χ1v) is 8.51. The molecule has 0 fully saturated rings. The van der Waals surface area contributed by atoms with Gasteiger partial charge in [0.25, 0.3) is 0 Å². The lowest BCUT2D eigenvalue weighted by molar-refractivity contribution is -0.136. The first-order valence-electron chi connectivity index (χ1n) is 8.51. The molecule has 2 aromatic carbocycles. The molecule has 0 atom stereocenters. The molecule has 0 heterocycles. The smallest absolute Gasteiger partial charge is 0.323 e. The number of rotatable bonds is 4. The lowest BCUT2D eigenvalue weighted by atomic mass is 10.0. The van der Waals surface area contributed by atoms with E-state index in [4.69, 9.17) is 5.73 Å². The summed E-state index contributed by atoms with van der Waals surface area (Å²) in [6.45, 7) is 5.18. The number of hydrogen-bond donors (Lipinski definition) is 2. The van der Waals surface area contributed by atoms with Crippen LogP contribution in [0.2, 0.25) is 0 Å². The summed E-state index contributed by atoms with van der Waals surface area (Å²) in [5.74, 6) is -2.34. The number of nitrogens with two attached hydrogens (primary N) is 1. The minimum absolute atomic E-state index is 0.298. The third kappa shape index (κ3) is 4.08. The van der Waals surface area contributed by atoms with Crippen molar-refractivity contribution in [3.05, 3.63) is 53.6 Å². The first kappa shape index (κ1) is 19.2. The lowest BCUT2D eigenvalue weighted by Gasteiger charge is -2.20. The van der Waals surface area contributed by atoms with Crippen molar-refractivity contribution < 1.29 is 14.4 Å². The normalized spacial score (nSPS) is 10.3. The number of nitrogen functional groups attached to an aromatic ring is 1. The molecule has 0 aliphatic carbocycles. The average molecular weight is 353 g/mol. The molecule has 0 aliphatic rings. The van der Waals surface area contributed by atoms with E-state index in [-0.39, 0.29) is 0 Å². The van der Waals surface area contributed by atoms with Crippen molar-refractivity contribution in [2.75, 3.05) is 16.0 Å². The van der Waals surface area contributed by atoms with Crippen LogP contribution < -0.4 is 16.0 Å². The van der Waals surface area contributed by atoms with Crippen LogP contribution in [0.5, 0.6) is 0 Å². The molecule has 2 rings (SSSR count). The van der Waals surface area contributed by atoms with Crippen molar-refractivity contribution in [1.29, 1.82) is 0 Å². The van der Waals surface area contributed by atoms with Crippen molar-refractivity contribution in [3.8, 4) is 0 Å². The number of nitrogens with one attached hydrogen (secondary N) is 1. The molecular weight excluding hydrogens is 330 g/mol. The summed E-state index contributed by atoms with van der Waals surface area (Å²) in [4.78, 5) is 38.0. The van der Waals surface area contributed by atoms with Gasteiger partial charge in [-0.1, -0.05) is 32.0 Å². The van der Waals surface area contributed by atoms with E-state index in [2.05, 4.69) is 5.32 Å². The van der Waals surface area contributed by atoms with Crippen molar-refractivity contribution in [3.63, 3.8) is 0 Å². The topological polar surface area (TPSA) is 92.5 Å². The molecule has 3 N–H and O–H groups in total. The number of hydrogen-bond acceptors (Lipinski definition) is 4. The number of carbonyl (C=O) groups excluding carboxylic acids is 3. The fourth-order valence-electron chi connectivity index (χ4n) is 2.74. The van der Waals surface area contributed by atoms with Gasteiger partial charge >= 0.3 is 11.8 Å². The van der Waals surface area contributed by atoms with Crippen molar-refractivity contribution in [2.45, 2.75) is 33.6 Å². The molecule has 2 aromatic rings. The highest BCUT2D eigenvalue weighted by atomic mass is 16.2.